The van der Waals surface area contributed by atoms with Crippen LogP contribution in [0.25, 0.3) is 5.69 Å². The van der Waals surface area contributed by atoms with Gasteiger partial charge in [0.2, 0.25) is 11.8 Å². The number of nitrogens with zero attached hydrogens (tertiary/aromatic N) is 3. The Labute approximate surface area is 256 Å². The molecule has 7 nitrogen and oxygen atoms in total. The van der Waals surface area contributed by atoms with E-state index in [-0.39, 0.29) is 28.3 Å². The summed E-state index contributed by atoms with van der Waals surface area (Å²) in [5.41, 5.74) is -3.65. The van der Waals surface area contributed by atoms with Crippen LogP contribution in [-0.2, 0) is 32.9 Å². The first-order valence-corrected chi connectivity index (χ1v) is 15.7. The van der Waals surface area contributed by atoms with Gasteiger partial charge in [0.1, 0.15) is 11.2 Å². The number of ether oxygens (including phenoxy) is 1. The average molecular weight is 672 g/mol. The van der Waals surface area contributed by atoms with Crippen molar-refractivity contribution in [1.29, 1.82) is 5.26 Å². The minimum Gasteiger partial charge on any atom is -0.494 e. The van der Waals surface area contributed by atoms with E-state index >= 15 is 0 Å². The first kappa shape index (κ1) is 35.0. The van der Waals surface area contributed by atoms with Crippen molar-refractivity contribution in [3.05, 3.63) is 40.5 Å². The molecular formula is C29H33F8N3O4S. The van der Waals surface area contributed by atoms with Gasteiger partial charge in [0.25, 0.3) is 0 Å². The maximum Gasteiger partial charge on any atom is 0.453 e. The zero-order chi connectivity index (χ0) is 33.6. The third-order valence-electron chi connectivity index (χ3n) is 8.24. The van der Waals surface area contributed by atoms with E-state index in [4.69, 9.17) is 10.00 Å². The fourth-order valence-corrected chi connectivity index (χ4v) is 7.53. The molecule has 2 N–H and O–H groups in total. The van der Waals surface area contributed by atoms with Crippen molar-refractivity contribution in [2.75, 3.05) is 31.1 Å². The van der Waals surface area contributed by atoms with Crippen molar-refractivity contribution < 1.29 is 54.3 Å². The molecule has 1 saturated heterocycles. The van der Waals surface area contributed by atoms with Crippen molar-refractivity contribution in [1.82, 2.24) is 9.47 Å². The molecule has 4 rings (SSSR count). The van der Waals surface area contributed by atoms with Gasteiger partial charge in [-0.25, -0.2) is 0 Å². The van der Waals surface area contributed by atoms with E-state index in [9.17, 15) is 49.5 Å². The molecule has 0 aliphatic carbocycles. The third-order valence-corrected chi connectivity index (χ3v) is 9.73. The molecule has 1 aromatic carbocycles. The summed E-state index contributed by atoms with van der Waals surface area (Å²) in [6, 6.07) is 4.38. The Kier molecular flexibility index (Phi) is 9.61. The molecule has 0 saturated carbocycles. The smallest absolute Gasteiger partial charge is 0.453 e. The SMILES string of the molecule is CC12CN(CCCCCCS(=O)CCCC(F)(F)C(F)(F)F)CC(C)(O1)c1c2c(O)n(-c2ccc(C#N)c(C(F)(F)F)c2)c1O. The lowest BCUT2D eigenvalue weighted by Crippen LogP contribution is -2.51. The summed E-state index contributed by atoms with van der Waals surface area (Å²) < 4.78 is 123. The fraction of sp³-hybridized carbons (Fsp3) is 0.621. The van der Waals surface area contributed by atoms with Crippen molar-refractivity contribution in [3.63, 3.8) is 0 Å². The van der Waals surface area contributed by atoms with E-state index in [1.54, 1.807) is 13.8 Å². The van der Waals surface area contributed by atoms with Crippen LogP contribution >= 0.6 is 0 Å². The normalized spacial score (nSPS) is 22.8. The minimum atomic E-state index is -5.62. The van der Waals surface area contributed by atoms with Crippen LogP contribution in [0.5, 0.6) is 11.8 Å². The number of nitriles is 1. The molecule has 250 valence electrons. The summed E-state index contributed by atoms with van der Waals surface area (Å²) in [4.78, 5) is 2.08. The second kappa shape index (κ2) is 12.4. The summed E-state index contributed by atoms with van der Waals surface area (Å²) in [5, 5.41) is 31.5. The summed E-state index contributed by atoms with van der Waals surface area (Å²) in [6.45, 7) is 4.64. The van der Waals surface area contributed by atoms with Gasteiger partial charge < -0.3 is 14.9 Å². The topological polar surface area (TPSA) is 98.7 Å². The van der Waals surface area contributed by atoms with Crippen LogP contribution < -0.4 is 0 Å². The predicted octanol–water partition coefficient (Wildman–Crippen LogP) is 6.84. The van der Waals surface area contributed by atoms with Gasteiger partial charge in [0.15, 0.2) is 0 Å². The Morgan fingerprint density at radius 2 is 1.47 bits per heavy atom. The Morgan fingerprint density at radius 3 is 2.00 bits per heavy atom. The molecule has 0 spiro atoms. The standard InChI is InChI=1S/C29H33F8N3O4S/c1-25-16-39(11-5-3-4-6-12-45(43)13-7-10-27(30,31)29(35,36)37)17-26(2,44-25)22-21(25)23(41)40(24(22)42)19-9-8-18(15-38)20(14-19)28(32,33)34/h8-9,14,41-42H,3-7,10-13,16-17H2,1-2H3. The maximum atomic E-state index is 13.6. The summed E-state index contributed by atoms with van der Waals surface area (Å²) in [5.74, 6) is -5.76. The highest BCUT2D eigenvalue weighted by Gasteiger charge is 2.59. The van der Waals surface area contributed by atoms with E-state index in [0.29, 0.717) is 45.0 Å². The van der Waals surface area contributed by atoms with Gasteiger partial charge in [0, 0.05) is 41.8 Å². The molecule has 3 unspecified atom stereocenters. The molecule has 45 heavy (non-hydrogen) atoms. The molecule has 2 bridgehead atoms. The highest BCUT2D eigenvalue weighted by atomic mass is 32.2. The van der Waals surface area contributed by atoms with Crippen LogP contribution in [-0.4, -0.2) is 67.1 Å². The van der Waals surface area contributed by atoms with Gasteiger partial charge in [-0.3, -0.25) is 13.7 Å². The summed E-state index contributed by atoms with van der Waals surface area (Å²) in [7, 11) is -1.50. The summed E-state index contributed by atoms with van der Waals surface area (Å²) in [6.07, 6.45) is -9.72. The number of benzene rings is 1. The number of fused-ring (bicyclic) bond motifs is 5. The molecular weight excluding hydrogens is 638 g/mol. The van der Waals surface area contributed by atoms with Gasteiger partial charge in [-0.15, -0.1) is 0 Å². The number of hydrogen-bond donors (Lipinski definition) is 2. The second-order valence-electron chi connectivity index (χ2n) is 11.9. The number of unbranched alkanes of at least 4 members (excludes halogenated alkanes) is 3. The Morgan fingerprint density at radius 1 is 0.911 bits per heavy atom. The zero-order valence-electron chi connectivity index (χ0n) is 24.5. The van der Waals surface area contributed by atoms with Crippen LogP contribution in [0.3, 0.4) is 0 Å². The molecule has 16 heteroatoms. The molecule has 0 radical (unpaired) electrons. The highest BCUT2D eigenvalue weighted by molar-refractivity contribution is 7.84. The van der Waals surface area contributed by atoms with Crippen LogP contribution in [0.2, 0.25) is 0 Å². The second-order valence-corrected chi connectivity index (χ2v) is 13.6. The molecule has 1 fully saturated rings. The van der Waals surface area contributed by atoms with E-state index in [1.807, 2.05) is 0 Å². The first-order valence-electron chi connectivity index (χ1n) is 14.3. The van der Waals surface area contributed by atoms with E-state index in [1.165, 1.54) is 12.1 Å². The number of halogens is 8. The van der Waals surface area contributed by atoms with Crippen molar-refractivity contribution >= 4 is 10.8 Å². The van der Waals surface area contributed by atoms with Gasteiger partial charge in [-0.2, -0.15) is 40.4 Å². The monoisotopic (exact) mass is 671 g/mol. The molecule has 2 aromatic rings. The predicted molar refractivity (Wildman–Crippen MR) is 148 cm³/mol. The first-order chi connectivity index (χ1) is 20.7. The lowest BCUT2D eigenvalue weighted by Gasteiger charge is -2.44. The van der Waals surface area contributed by atoms with Crippen LogP contribution in [0.1, 0.15) is 74.6 Å². The molecule has 0 amide bonds. The van der Waals surface area contributed by atoms with Gasteiger partial charge in [-0.05, 0) is 57.9 Å². The zero-order valence-corrected chi connectivity index (χ0v) is 25.3. The number of aromatic nitrogens is 1. The average Bonchev–Trinajstić information content (AvgIpc) is 3.29. The van der Waals surface area contributed by atoms with Crippen LogP contribution in [0.4, 0.5) is 35.1 Å². The van der Waals surface area contributed by atoms with Crippen molar-refractivity contribution in [2.24, 2.45) is 0 Å². The highest BCUT2D eigenvalue weighted by Crippen LogP contribution is 2.59. The lowest BCUT2D eigenvalue weighted by atomic mass is 9.94. The van der Waals surface area contributed by atoms with Gasteiger partial charge in [-0.1, -0.05) is 12.8 Å². The quantitative estimate of drug-likeness (QED) is 0.190. The number of alkyl halides is 8. The van der Waals surface area contributed by atoms with E-state index in [0.717, 1.165) is 17.1 Å². The fourth-order valence-electron chi connectivity index (χ4n) is 6.34. The van der Waals surface area contributed by atoms with Crippen LogP contribution in [0, 0.1) is 11.3 Å². The van der Waals surface area contributed by atoms with Crippen molar-refractivity contribution in [3.8, 4) is 23.5 Å². The number of hydrogen-bond acceptors (Lipinski definition) is 6. The van der Waals surface area contributed by atoms with E-state index < -0.39 is 76.0 Å². The number of morpholine rings is 1. The summed E-state index contributed by atoms with van der Waals surface area (Å²) >= 11 is 0. The Balaban J connectivity index is 1.34. The number of rotatable bonds is 12. The Hall–Kier alpha value is -2.90. The maximum absolute atomic E-state index is 13.6. The lowest BCUT2D eigenvalue weighted by molar-refractivity contribution is -0.284. The largest absolute Gasteiger partial charge is 0.494 e. The van der Waals surface area contributed by atoms with E-state index in [2.05, 4.69) is 4.90 Å². The molecule has 2 aliphatic rings. The van der Waals surface area contributed by atoms with Gasteiger partial charge in [0.05, 0.1) is 34.0 Å². The van der Waals surface area contributed by atoms with Crippen LogP contribution in [0.15, 0.2) is 18.2 Å². The molecule has 1 aromatic heterocycles. The van der Waals surface area contributed by atoms with Gasteiger partial charge >= 0.3 is 18.3 Å². The third kappa shape index (κ3) is 6.95. The van der Waals surface area contributed by atoms with Crippen molar-refractivity contribution in [2.45, 2.75) is 81.8 Å². The molecule has 3 heterocycles. The molecule has 2 aliphatic heterocycles. The Bertz CT molecular complexity index is 1440. The number of aromatic hydroxyl groups is 2. The molecule has 3 atom stereocenters. The minimum absolute atomic E-state index is 0.173.